The Labute approximate surface area is 154 Å². The molecule has 1 unspecified atom stereocenters. The molecule has 1 atom stereocenters. The van der Waals surface area contributed by atoms with Crippen molar-refractivity contribution in [2.24, 2.45) is 0 Å². The van der Waals surface area contributed by atoms with Crippen molar-refractivity contribution in [2.45, 2.75) is 24.3 Å². The molecule has 0 spiro atoms. The number of hydrogen-bond donors (Lipinski definition) is 1. The number of nitrogens with zero attached hydrogens (tertiary/aromatic N) is 1. The number of carbonyl (C=O) groups excluding carboxylic acids is 1. The van der Waals surface area contributed by atoms with E-state index in [2.05, 4.69) is 0 Å². The van der Waals surface area contributed by atoms with Crippen LogP contribution in [0, 0.1) is 17.0 Å². The number of ether oxygens (including phenoxy) is 2. The number of carbonyl (C=O) groups is 1. The average Bonchev–Trinajstić information content (AvgIpc) is 2.59. The van der Waals surface area contributed by atoms with E-state index in [9.17, 15) is 27.9 Å². The zero-order valence-corrected chi connectivity index (χ0v) is 14.9. The average molecular weight is 393 g/mol. The van der Waals surface area contributed by atoms with Gasteiger partial charge in [-0.1, -0.05) is 17.7 Å². The van der Waals surface area contributed by atoms with Crippen LogP contribution >= 0.6 is 0 Å². The van der Waals surface area contributed by atoms with Crippen LogP contribution in [0.2, 0.25) is 0 Å². The van der Waals surface area contributed by atoms with Gasteiger partial charge in [0.05, 0.1) is 9.82 Å². The van der Waals surface area contributed by atoms with Crippen LogP contribution in [-0.4, -0.2) is 36.9 Å². The van der Waals surface area contributed by atoms with Gasteiger partial charge >= 0.3 is 0 Å². The van der Waals surface area contributed by atoms with Gasteiger partial charge in [0.2, 0.25) is 0 Å². The lowest BCUT2D eigenvalue weighted by Gasteiger charge is -2.27. The first-order chi connectivity index (χ1) is 12.7. The summed E-state index contributed by atoms with van der Waals surface area (Å²) in [5.41, 5.74) is 0.426. The van der Waals surface area contributed by atoms with E-state index in [0.717, 1.165) is 11.6 Å². The molecule has 10 heteroatoms. The second-order valence-corrected chi connectivity index (χ2v) is 7.43. The number of rotatable bonds is 5. The molecule has 1 heterocycles. The van der Waals surface area contributed by atoms with Gasteiger partial charge in [-0.05, 0) is 24.6 Å². The van der Waals surface area contributed by atoms with E-state index in [1.807, 2.05) is 0 Å². The first-order valence-electron chi connectivity index (χ1n) is 7.83. The summed E-state index contributed by atoms with van der Waals surface area (Å²) in [7, 11) is -4.43. The number of nitro groups is 1. The number of hydrogen-bond acceptors (Lipinski definition) is 7. The zero-order chi connectivity index (χ0) is 19.8. The minimum atomic E-state index is -4.43. The molecule has 0 saturated heterocycles. The molecule has 9 nitrogen and oxygen atoms in total. The molecule has 3 rings (SSSR count). The molecule has 142 valence electrons. The van der Waals surface area contributed by atoms with Gasteiger partial charge in [-0.15, -0.1) is 0 Å². The van der Waals surface area contributed by atoms with E-state index in [1.165, 1.54) is 12.1 Å². The summed E-state index contributed by atoms with van der Waals surface area (Å²) in [6.07, 6.45) is -0.337. The molecule has 2 aromatic rings. The molecule has 0 amide bonds. The summed E-state index contributed by atoms with van der Waals surface area (Å²) >= 11 is 0. The van der Waals surface area contributed by atoms with Gasteiger partial charge in [0.15, 0.2) is 17.8 Å². The van der Waals surface area contributed by atoms with Crippen LogP contribution in [0.15, 0.2) is 35.2 Å². The Morgan fingerprint density at radius 2 is 2.07 bits per heavy atom. The molecule has 27 heavy (non-hydrogen) atoms. The molecule has 2 aromatic carbocycles. The monoisotopic (exact) mass is 393 g/mol. The fourth-order valence-electron chi connectivity index (χ4n) is 2.93. The third-order valence-electron chi connectivity index (χ3n) is 4.10. The predicted octanol–water partition coefficient (Wildman–Crippen LogP) is 2.34. The Morgan fingerprint density at radius 1 is 1.33 bits per heavy atom. The molecule has 0 aliphatic carbocycles. The van der Waals surface area contributed by atoms with Crippen molar-refractivity contribution < 1.29 is 32.2 Å². The highest BCUT2D eigenvalue weighted by Crippen LogP contribution is 2.39. The molecule has 0 bridgehead atoms. The van der Waals surface area contributed by atoms with Crippen molar-refractivity contribution in [3.63, 3.8) is 0 Å². The van der Waals surface area contributed by atoms with Gasteiger partial charge in [-0.2, -0.15) is 8.42 Å². The SMILES string of the molecule is Cc1ccc(S(=O)(=O)O)c(CC2COc3ccc([N+](=O)[O-])c(C=O)c3O2)c1. The largest absolute Gasteiger partial charge is 0.486 e. The van der Waals surface area contributed by atoms with Crippen molar-refractivity contribution in [2.75, 3.05) is 6.61 Å². The fourth-order valence-corrected chi connectivity index (χ4v) is 3.64. The van der Waals surface area contributed by atoms with Crippen LogP contribution in [0.1, 0.15) is 21.5 Å². The number of fused-ring (bicyclic) bond motifs is 1. The summed E-state index contributed by atoms with van der Waals surface area (Å²) < 4.78 is 43.8. The van der Waals surface area contributed by atoms with E-state index in [-0.39, 0.29) is 35.0 Å². The highest BCUT2D eigenvalue weighted by molar-refractivity contribution is 7.85. The maximum absolute atomic E-state index is 11.6. The third-order valence-corrected chi connectivity index (χ3v) is 5.06. The van der Waals surface area contributed by atoms with E-state index in [1.54, 1.807) is 19.1 Å². The van der Waals surface area contributed by atoms with Gasteiger partial charge in [0.25, 0.3) is 15.8 Å². The molecule has 1 aliphatic rings. The lowest BCUT2D eigenvalue weighted by molar-refractivity contribution is -0.385. The van der Waals surface area contributed by atoms with Crippen molar-refractivity contribution >= 4 is 22.1 Å². The number of nitro benzene ring substituents is 1. The highest BCUT2D eigenvalue weighted by Gasteiger charge is 2.30. The normalized spacial score (nSPS) is 16.0. The Kier molecular flexibility index (Phi) is 4.85. The van der Waals surface area contributed by atoms with E-state index in [0.29, 0.717) is 11.8 Å². The Morgan fingerprint density at radius 3 is 2.70 bits per heavy atom. The molecule has 0 saturated carbocycles. The minimum Gasteiger partial charge on any atom is -0.486 e. The van der Waals surface area contributed by atoms with Crippen molar-refractivity contribution in [3.8, 4) is 11.5 Å². The molecule has 0 fully saturated rings. The van der Waals surface area contributed by atoms with Crippen LogP contribution in [0.3, 0.4) is 0 Å². The van der Waals surface area contributed by atoms with Crippen LogP contribution in [0.5, 0.6) is 11.5 Å². The van der Waals surface area contributed by atoms with E-state index < -0.39 is 26.8 Å². The van der Waals surface area contributed by atoms with E-state index in [4.69, 9.17) is 9.47 Å². The smallest absolute Gasteiger partial charge is 0.294 e. The standard InChI is InChI=1S/C17H15NO8S/c1-10-2-5-16(27(22,23)24)11(6-10)7-12-9-25-15-4-3-14(18(20)21)13(8-19)17(15)26-12/h2-6,8,12H,7,9H2,1H3,(H,22,23,24). The van der Waals surface area contributed by atoms with Crippen LogP contribution in [0.25, 0.3) is 0 Å². The van der Waals surface area contributed by atoms with Gasteiger partial charge in [-0.3, -0.25) is 19.5 Å². The van der Waals surface area contributed by atoms with Crippen LogP contribution < -0.4 is 9.47 Å². The summed E-state index contributed by atoms with van der Waals surface area (Å²) in [4.78, 5) is 21.5. The van der Waals surface area contributed by atoms with Gasteiger partial charge in [0, 0.05) is 12.5 Å². The lowest BCUT2D eigenvalue weighted by Crippen LogP contribution is -2.32. The van der Waals surface area contributed by atoms with Gasteiger partial charge < -0.3 is 9.47 Å². The van der Waals surface area contributed by atoms with Crippen LogP contribution in [-0.2, 0) is 16.5 Å². The van der Waals surface area contributed by atoms with Crippen molar-refractivity contribution in [1.29, 1.82) is 0 Å². The number of aryl methyl sites for hydroxylation is 1. The van der Waals surface area contributed by atoms with Gasteiger partial charge in [0.1, 0.15) is 18.3 Å². The Bertz CT molecular complexity index is 1030. The Hall–Kier alpha value is -2.98. The highest BCUT2D eigenvalue weighted by atomic mass is 32.2. The summed E-state index contributed by atoms with van der Waals surface area (Å²) in [6.45, 7) is 1.81. The summed E-state index contributed by atoms with van der Waals surface area (Å²) in [5, 5.41) is 11.1. The first kappa shape index (κ1) is 18.8. The maximum atomic E-state index is 11.6. The number of aldehydes is 1. The second kappa shape index (κ2) is 6.97. The molecule has 0 radical (unpaired) electrons. The zero-order valence-electron chi connectivity index (χ0n) is 14.1. The Balaban J connectivity index is 1.96. The maximum Gasteiger partial charge on any atom is 0.294 e. The minimum absolute atomic E-state index is 0.0436. The number of benzene rings is 2. The quantitative estimate of drug-likeness (QED) is 0.354. The summed E-state index contributed by atoms with van der Waals surface area (Å²) in [6, 6.07) is 6.93. The predicted molar refractivity (Wildman–Crippen MR) is 93.1 cm³/mol. The molecule has 0 aromatic heterocycles. The summed E-state index contributed by atoms with van der Waals surface area (Å²) in [5.74, 6) is 0.134. The van der Waals surface area contributed by atoms with Crippen LogP contribution in [0.4, 0.5) is 5.69 Å². The van der Waals surface area contributed by atoms with Crippen molar-refractivity contribution in [1.82, 2.24) is 0 Å². The topological polar surface area (TPSA) is 133 Å². The molecule has 1 N–H and O–H groups in total. The first-order valence-corrected chi connectivity index (χ1v) is 9.27. The van der Waals surface area contributed by atoms with E-state index >= 15 is 0 Å². The lowest BCUT2D eigenvalue weighted by atomic mass is 10.0. The molecule has 1 aliphatic heterocycles. The van der Waals surface area contributed by atoms with Crippen molar-refractivity contribution in [3.05, 3.63) is 57.1 Å². The molecular weight excluding hydrogens is 378 g/mol. The fraction of sp³-hybridized carbons (Fsp3) is 0.235. The second-order valence-electron chi connectivity index (χ2n) is 6.04. The van der Waals surface area contributed by atoms with Gasteiger partial charge in [-0.25, -0.2) is 0 Å². The molecular formula is C17H15NO8S. The third kappa shape index (κ3) is 3.76.